The zero-order chi connectivity index (χ0) is 15.6. The van der Waals surface area contributed by atoms with Gasteiger partial charge in [0.05, 0.1) is 15.5 Å². The number of nitrogens with zero attached hydrogens (tertiary/aromatic N) is 2. The van der Waals surface area contributed by atoms with Crippen molar-refractivity contribution in [2.24, 2.45) is 0 Å². The topological polar surface area (TPSA) is 138 Å². The number of hydrogen-bond donors (Lipinski definition) is 3. The van der Waals surface area contributed by atoms with Crippen LogP contribution in [0.5, 0.6) is 0 Å². The molecule has 0 bridgehead atoms. The molecule has 0 unspecified atom stereocenters. The second kappa shape index (κ2) is 5.59. The summed E-state index contributed by atoms with van der Waals surface area (Å²) >= 11 is 5.80. The van der Waals surface area contributed by atoms with Gasteiger partial charge in [-0.3, -0.25) is 20.0 Å². The van der Waals surface area contributed by atoms with Crippen LogP contribution in [0.25, 0.3) is 0 Å². The van der Waals surface area contributed by atoms with E-state index in [9.17, 15) is 19.7 Å². The lowest BCUT2D eigenvalue weighted by Crippen LogP contribution is -2.12. The van der Waals surface area contributed by atoms with Crippen LogP contribution in [0.2, 0.25) is 5.02 Å². The van der Waals surface area contributed by atoms with Crippen LogP contribution in [0, 0.1) is 10.1 Å². The van der Waals surface area contributed by atoms with Crippen LogP contribution < -0.4 is 5.32 Å². The van der Waals surface area contributed by atoms with E-state index in [-0.39, 0.29) is 27.8 Å². The fourth-order valence-corrected chi connectivity index (χ4v) is 1.74. The Bertz CT molecular complexity index is 742. The van der Waals surface area contributed by atoms with Crippen LogP contribution in [0.1, 0.15) is 20.8 Å². The van der Waals surface area contributed by atoms with E-state index in [0.717, 1.165) is 18.2 Å². The van der Waals surface area contributed by atoms with Crippen molar-refractivity contribution in [2.45, 2.75) is 0 Å². The van der Waals surface area contributed by atoms with E-state index in [1.54, 1.807) is 0 Å². The third kappa shape index (κ3) is 3.15. The second-order valence-electron chi connectivity index (χ2n) is 3.85. The number of carbonyl (C=O) groups excluding carboxylic acids is 1. The zero-order valence-electron chi connectivity index (χ0n) is 10.2. The number of H-pyrrole nitrogens is 1. The molecule has 1 aromatic carbocycles. The van der Waals surface area contributed by atoms with Gasteiger partial charge in [0.1, 0.15) is 5.69 Å². The molecule has 0 aliphatic carbocycles. The largest absolute Gasteiger partial charge is 0.477 e. The molecule has 0 spiro atoms. The molecular formula is C11H7ClN4O5. The second-order valence-corrected chi connectivity index (χ2v) is 4.25. The van der Waals surface area contributed by atoms with Crippen molar-refractivity contribution in [3.05, 3.63) is 50.7 Å². The highest BCUT2D eigenvalue weighted by atomic mass is 35.5. The van der Waals surface area contributed by atoms with Gasteiger partial charge in [-0.1, -0.05) is 11.6 Å². The number of anilines is 1. The summed E-state index contributed by atoms with van der Waals surface area (Å²) in [5.74, 6) is -1.90. The van der Waals surface area contributed by atoms with E-state index in [4.69, 9.17) is 16.7 Å². The molecule has 0 radical (unpaired) electrons. The van der Waals surface area contributed by atoms with E-state index in [2.05, 4.69) is 15.5 Å². The lowest BCUT2D eigenvalue weighted by molar-refractivity contribution is -0.384. The number of hydrogen-bond acceptors (Lipinski definition) is 5. The molecule has 21 heavy (non-hydrogen) atoms. The summed E-state index contributed by atoms with van der Waals surface area (Å²) in [6.45, 7) is 0. The fourth-order valence-electron chi connectivity index (χ4n) is 1.48. The van der Waals surface area contributed by atoms with Gasteiger partial charge >= 0.3 is 5.97 Å². The van der Waals surface area contributed by atoms with Crippen LogP contribution in [-0.2, 0) is 0 Å². The molecule has 0 aliphatic heterocycles. The Hall–Kier alpha value is -2.94. The maximum atomic E-state index is 11.9. The summed E-state index contributed by atoms with van der Waals surface area (Å²) in [5, 5.41) is 27.3. The molecule has 2 rings (SSSR count). The number of aromatic carboxylic acids is 1. The van der Waals surface area contributed by atoms with E-state index in [0.29, 0.717) is 0 Å². The summed E-state index contributed by atoms with van der Waals surface area (Å²) in [5.41, 5.74) is -0.438. The minimum absolute atomic E-state index is 0.00198. The summed E-state index contributed by atoms with van der Waals surface area (Å²) < 4.78 is 0. The number of benzene rings is 1. The highest BCUT2D eigenvalue weighted by Gasteiger charge is 2.16. The number of halogens is 1. The Balaban J connectivity index is 2.20. The zero-order valence-corrected chi connectivity index (χ0v) is 10.9. The Labute approximate surface area is 121 Å². The van der Waals surface area contributed by atoms with Crippen molar-refractivity contribution in [3.63, 3.8) is 0 Å². The Morgan fingerprint density at radius 2 is 2.10 bits per heavy atom. The monoisotopic (exact) mass is 310 g/mol. The SMILES string of the molecule is O=C(O)c1cc(NC(=O)c2ccc([N+](=O)[O-])cc2Cl)n[nH]1. The Kier molecular flexibility index (Phi) is 3.85. The van der Waals surface area contributed by atoms with Gasteiger partial charge < -0.3 is 10.4 Å². The number of aromatic amines is 1. The normalized spacial score (nSPS) is 10.1. The van der Waals surface area contributed by atoms with Crippen molar-refractivity contribution < 1.29 is 19.6 Å². The van der Waals surface area contributed by atoms with Gasteiger partial charge in [-0.05, 0) is 6.07 Å². The minimum atomic E-state index is -1.23. The van der Waals surface area contributed by atoms with Gasteiger partial charge in [0.25, 0.3) is 11.6 Å². The summed E-state index contributed by atoms with van der Waals surface area (Å²) in [6.07, 6.45) is 0. The number of carboxylic acid groups (broad SMARTS) is 1. The van der Waals surface area contributed by atoms with Crippen molar-refractivity contribution in [2.75, 3.05) is 5.32 Å². The standard InChI is InChI=1S/C11H7ClN4O5/c12-7-3-5(16(20)21)1-2-6(7)10(17)13-9-4-8(11(18)19)14-15-9/h1-4H,(H,18,19)(H2,13,14,15,17). The Morgan fingerprint density at radius 3 is 2.62 bits per heavy atom. The van der Waals surface area contributed by atoms with Crippen LogP contribution in [0.3, 0.4) is 0 Å². The molecule has 1 heterocycles. The third-order valence-electron chi connectivity index (χ3n) is 2.46. The van der Waals surface area contributed by atoms with Gasteiger partial charge in [-0.15, -0.1) is 0 Å². The van der Waals surface area contributed by atoms with E-state index in [1.807, 2.05) is 0 Å². The molecule has 0 aliphatic rings. The number of aromatic nitrogens is 2. The van der Waals surface area contributed by atoms with Crippen LogP contribution in [-0.4, -0.2) is 32.1 Å². The first-order chi connectivity index (χ1) is 9.88. The number of amides is 1. The number of nitro benzene ring substituents is 1. The van der Waals surface area contributed by atoms with Crippen molar-refractivity contribution in [1.82, 2.24) is 10.2 Å². The molecular weight excluding hydrogens is 304 g/mol. The van der Waals surface area contributed by atoms with E-state index >= 15 is 0 Å². The number of nitro groups is 1. The first-order valence-corrected chi connectivity index (χ1v) is 5.80. The molecule has 1 aromatic heterocycles. The molecule has 3 N–H and O–H groups in total. The maximum absolute atomic E-state index is 11.9. The number of rotatable bonds is 4. The lowest BCUT2D eigenvalue weighted by Gasteiger charge is -2.03. The molecule has 108 valence electrons. The summed E-state index contributed by atoms with van der Waals surface area (Å²) in [6, 6.07) is 4.50. The number of carboxylic acids is 1. The maximum Gasteiger partial charge on any atom is 0.353 e. The predicted molar refractivity (Wildman–Crippen MR) is 71.6 cm³/mol. The molecule has 2 aromatic rings. The highest BCUT2D eigenvalue weighted by molar-refractivity contribution is 6.34. The van der Waals surface area contributed by atoms with Gasteiger partial charge in [0.15, 0.2) is 5.82 Å². The first kappa shape index (κ1) is 14.5. The predicted octanol–water partition coefficient (Wildman–Crippen LogP) is 1.92. The lowest BCUT2D eigenvalue weighted by atomic mass is 10.2. The molecule has 0 atom stereocenters. The van der Waals surface area contributed by atoms with Crippen LogP contribution in [0.15, 0.2) is 24.3 Å². The molecule has 0 saturated heterocycles. The quantitative estimate of drug-likeness (QED) is 0.582. The Morgan fingerprint density at radius 1 is 1.38 bits per heavy atom. The average molecular weight is 311 g/mol. The average Bonchev–Trinajstić information content (AvgIpc) is 2.87. The van der Waals surface area contributed by atoms with Gasteiger partial charge in [-0.25, -0.2) is 4.79 Å². The van der Waals surface area contributed by atoms with E-state index < -0.39 is 16.8 Å². The number of carbonyl (C=O) groups is 2. The molecule has 0 fully saturated rings. The van der Waals surface area contributed by atoms with Gasteiger partial charge in [0.2, 0.25) is 0 Å². The molecule has 1 amide bonds. The molecule has 10 heteroatoms. The van der Waals surface area contributed by atoms with E-state index in [1.165, 1.54) is 6.07 Å². The van der Waals surface area contributed by atoms with Crippen LogP contribution in [0.4, 0.5) is 11.5 Å². The van der Waals surface area contributed by atoms with Crippen LogP contribution >= 0.6 is 11.6 Å². The van der Waals surface area contributed by atoms with Gasteiger partial charge in [0, 0.05) is 18.2 Å². The summed E-state index contributed by atoms with van der Waals surface area (Å²) in [4.78, 5) is 32.5. The minimum Gasteiger partial charge on any atom is -0.477 e. The fraction of sp³-hybridized carbons (Fsp3) is 0. The van der Waals surface area contributed by atoms with Gasteiger partial charge in [-0.2, -0.15) is 5.10 Å². The third-order valence-corrected chi connectivity index (χ3v) is 2.77. The number of nitrogens with one attached hydrogen (secondary N) is 2. The highest BCUT2D eigenvalue weighted by Crippen LogP contribution is 2.23. The molecule has 9 nitrogen and oxygen atoms in total. The van der Waals surface area contributed by atoms with Crippen molar-refractivity contribution >= 4 is 35.0 Å². The smallest absolute Gasteiger partial charge is 0.353 e. The number of non-ortho nitro benzene ring substituents is 1. The van der Waals surface area contributed by atoms with Crippen molar-refractivity contribution in [1.29, 1.82) is 0 Å². The first-order valence-electron chi connectivity index (χ1n) is 5.42. The summed E-state index contributed by atoms with van der Waals surface area (Å²) in [7, 11) is 0. The van der Waals surface area contributed by atoms with Crippen molar-refractivity contribution in [3.8, 4) is 0 Å². The molecule has 0 saturated carbocycles.